The number of non-ortho nitro benzene ring substituents is 1. The van der Waals surface area contributed by atoms with E-state index in [2.05, 4.69) is 36.3 Å². The van der Waals surface area contributed by atoms with Crippen molar-refractivity contribution in [3.63, 3.8) is 0 Å². The Morgan fingerprint density at radius 2 is 2.03 bits per heavy atom. The molecule has 2 N–H and O–H groups in total. The topological polar surface area (TPSA) is 101 Å². The van der Waals surface area contributed by atoms with Gasteiger partial charge in [-0.3, -0.25) is 15.0 Å². The number of nitrogens with zero attached hydrogens (tertiary/aromatic N) is 3. The van der Waals surface area contributed by atoms with Crippen molar-refractivity contribution in [2.24, 2.45) is 10.9 Å². The predicted molar refractivity (Wildman–Crippen MR) is 125 cm³/mol. The van der Waals surface area contributed by atoms with Crippen LogP contribution in [0.25, 0.3) is 0 Å². The van der Waals surface area contributed by atoms with Crippen LogP contribution in [0.4, 0.5) is 5.69 Å². The molecule has 0 radical (unpaired) electrons. The predicted octanol–water partition coefficient (Wildman–Crippen LogP) is 2.55. The Labute approximate surface area is 190 Å². The summed E-state index contributed by atoms with van der Waals surface area (Å²) in [5.74, 6) is 1.34. The van der Waals surface area contributed by atoms with Crippen molar-refractivity contribution < 1.29 is 14.4 Å². The van der Waals surface area contributed by atoms with E-state index in [0.29, 0.717) is 25.0 Å². The highest BCUT2D eigenvalue weighted by Gasteiger charge is 2.24. The van der Waals surface area contributed by atoms with Gasteiger partial charge in [-0.2, -0.15) is 0 Å². The molecule has 0 aliphatic carbocycles. The maximum atomic E-state index is 10.9. The van der Waals surface area contributed by atoms with Crippen molar-refractivity contribution in [3.8, 4) is 0 Å². The lowest BCUT2D eigenvalue weighted by atomic mass is 10.1. The first-order valence-electron chi connectivity index (χ1n) is 11.6. The fraction of sp³-hybridized carbons (Fsp3) is 0.696. The Morgan fingerprint density at radius 1 is 1.25 bits per heavy atom. The summed E-state index contributed by atoms with van der Waals surface area (Å²) < 4.78 is 11.8. The largest absolute Gasteiger partial charge is 0.376 e. The van der Waals surface area contributed by atoms with Gasteiger partial charge in [0.05, 0.1) is 36.3 Å². The van der Waals surface area contributed by atoms with Gasteiger partial charge in [-0.25, -0.2) is 4.99 Å². The van der Waals surface area contributed by atoms with E-state index in [1.807, 2.05) is 0 Å². The van der Waals surface area contributed by atoms with Gasteiger partial charge in [-0.15, -0.1) is 0 Å². The molecule has 2 aliphatic rings. The van der Waals surface area contributed by atoms with Crippen LogP contribution in [0.15, 0.2) is 29.3 Å². The van der Waals surface area contributed by atoms with Gasteiger partial charge in [0.25, 0.3) is 5.69 Å². The summed E-state index contributed by atoms with van der Waals surface area (Å²) in [7, 11) is 0. The van der Waals surface area contributed by atoms with Crippen LogP contribution in [-0.4, -0.2) is 73.4 Å². The number of ether oxygens (including phenoxy) is 2. The molecule has 0 bridgehead atoms. The van der Waals surface area contributed by atoms with Gasteiger partial charge in [0.15, 0.2) is 5.96 Å². The second-order valence-corrected chi connectivity index (χ2v) is 9.10. The molecule has 3 unspecified atom stereocenters. The van der Waals surface area contributed by atoms with E-state index >= 15 is 0 Å². The molecule has 2 heterocycles. The minimum atomic E-state index is -0.391. The summed E-state index contributed by atoms with van der Waals surface area (Å²) in [6.45, 7) is 12.2. The number of nitro benzene ring substituents is 1. The number of nitrogens with one attached hydrogen (secondary N) is 2. The second kappa shape index (κ2) is 12.1. The van der Waals surface area contributed by atoms with Crippen molar-refractivity contribution >= 4 is 11.6 Å². The molecule has 2 saturated heterocycles. The highest BCUT2D eigenvalue weighted by molar-refractivity contribution is 5.80. The Bertz CT molecular complexity index is 749. The quantitative estimate of drug-likeness (QED) is 0.260. The average molecular weight is 448 g/mol. The van der Waals surface area contributed by atoms with E-state index < -0.39 is 4.92 Å². The third-order valence-electron chi connectivity index (χ3n) is 5.80. The molecule has 0 amide bonds. The minimum absolute atomic E-state index is 0.0848. The zero-order chi connectivity index (χ0) is 22.9. The van der Waals surface area contributed by atoms with Gasteiger partial charge in [0, 0.05) is 44.9 Å². The molecular weight excluding hydrogens is 410 g/mol. The zero-order valence-electron chi connectivity index (χ0n) is 19.5. The number of aliphatic imine (C=N–C) groups is 1. The van der Waals surface area contributed by atoms with Crippen molar-refractivity contribution in [1.29, 1.82) is 0 Å². The Morgan fingerprint density at radius 3 is 2.69 bits per heavy atom. The lowest BCUT2D eigenvalue weighted by molar-refractivity contribution is -0.384. The highest BCUT2D eigenvalue weighted by atomic mass is 16.6. The zero-order valence-corrected chi connectivity index (χ0v) is 19.5. The minimum Gasteiger partial charge on any atom is -0.376 e. The first kappa shape index (κ1) is 24.4. The number of nitro groups is 1. The van der Waals surface area contributed by atoms with E-state index in [4.69, 9.17) is 14.5 Å². The Hall–Kier alpha value is -2.23. The summed E-state index contributed by atoms with van der Waals surface area (Å²) >= 11 is 0. The number of guanidine groups is 1. The number of morpholine rings is 1. The fourth-order valence-electron chi connectivity index (χ4n) is 4.15. The monoisotopic (exact) mass is 447 g/mol. The Kier molecular flexibility index (Phi) is 9.25. The molecule has 0 saturated carbocycles. The van der Waals surface area contributed by atoms with E-state index in [0.717, 1.165) is 51.3 Å². The van der Waals surface area contributed by atoms with Gasteiger partial charge >= 0.3 is 0 Å². The van der Waals surface area contributed by atoms with E-state index in [-0.39, 0.29) is 23.9 Å². The fourth-order valence-corrected chi connectivity index (χ4v) is 4.15. The van der Waals surface area contributed by atoms with Crippen LogP contribution in [-0.2, 0) is 16.0 Å². The standard InChI is InChI=1S/C23H37N5O4/c1-17(2)15-27-10-12-31-21(16-27)14-25-23(26-18(3)22-5-4-11-32-22)24-13-19-6-8-20(9-7-19)28(29)30/h6-9,17-18,21-22H,4-5,10-16H2,1-3H3,(H2,24,25,26). The number of hydrogen-bond donors (Lipinski definition) is 2. The second-order valence-electron chi connectivity index (χ2n) is 9.10. The molecule has 0 aromatic heterocycles. The van der Waals surface area contributed by atoms with Gasteiger partial charge in [-0.1, -0.05) is 26.0 Å². The van der Waals surface area contributed by atoms with Crippen LogP contribution in [0.1, 0.15) is 39.2 Å². The summed E-state index contributed by atoms with van der Waals surface area (Å²) in [5, 5.41) is 17.8. The van der Waals surface area contributed by atoms with Gasteiger partial charge in [0.2, 0.25) is 0 Å². The van der Waals surface area contributed by atoms with Crippen molar-refractivity contribution in [2.75, 3.05) is 39.4 Å². The molecule has 9 heteroatoms. The number of benzene rings is 1. The molecule has 32 heavy (non-hydrogen) atoms. The third kappa shape index (κ3) is 7.72. The smallest absolute Gasteiger partial charge is 0.269 e. The average Bonchev–Trinajstić information content (AvgIpc) is 3.31. The van der Waals surface area contributed by atoms with Crippen LogP contribution < -0.4 is 10.6 Å². The summed E-state index contributed by atoms with van der Waals surface area (Å²) in [4.78, 5) is 17.7. The molecule has 2 aliphatic heterocycles. The highest BCUT2D eigenvalue weighted by Crippen LogP contribution is 2.16. The molecule has 1 aromatic rings. The van der Waals surface area contributed by atoms with E-state index in [1.165, 1.54) is 12.1 Å². The van der Waals surface area contributed by atoms with E-state index in [9.17, 15) is 10.1 Å². The van der Waals surface area contributed by atoms with E-state index in [1.54, 1.807) is 12.1 Å². The van der Waals surface area contributed by atoms with Crippen LogP contribution in [0.5, 0.6) is 0 Å². The molecule has 0 spiro atoms. The summed E-state index contributed by atoms with van der Waals surface area (Å²) in [6, 6.07) is 6.65. The molecule has 178 valence electrons. The first-order valence-corrected chi connectivity index (χ1v) is 11.6. The number of hydrogen-bond acceptors (Lipinski definition) is 6. The molecule has 3 rings (SSSR count). The van der Waals surface area contributed by atoms with Gasteiger partial charge in [0.1, 0.15) is 0 Å². The maximum Gasteiger partial charge on any atom is 0.269 e. The Balaban J connectivity index is 1.60. The van der Waals surface area contributed by atoms with Gasteiger partial charge in [-0.05, 0) is 31.2 Å². The van der Waals surface area contributed by atoms with Gasteiger partial charge < -0.3 is 20.1 Å². The molecule has 2 fully saturated rings. The normalized spacial score (nSPS) is 23.3. The maximum absolute atomic E-state index is 10.9. The lowest BCUT2D eigenvalue weighted by Gasteiger charge is -2.34. The van der Waals surface area contributed by atoms with Crippen molar-refractivity contribution in [1.82, 2.24) is 15.5 Å². The first-order chi connectivity index (χ1) is 15.4. The summed E-state index contributed by atoms with van der Waals surface area (Å²) in [6.07, 6.45) is 2.40. The molecular formula is C23H37N5O4. The van der Waals surface area contributed by atoms with Crippen LogP contribution in [0.3, 0.4) is 0 Å². The number of rotatable bonds is 9. The van der Waals surface area contributed by atoms with Crippen LogP contribution in [0, 0.1) is 16.0 Å². The SMILES string of the molecule is CC(C)CN1CCOC(CNC(=NCc2ccc([N+](=O)[O-])cc2)NC(C)C2CCCO2)C1. The summed E-state index contributed by atoms with van der Waals surface area (Å²) in [5.41, 5.74) is 1.00. The lowest BCUT2D eigenvalue weighted by Crippen LogP contribution is -2.52. The van der Waals surface area contributed by atoms with Crippen LogP contribution >= 0.6 is 0 Å². The van der Waals surface area contributed by atoms with Crippen LogP contribution in [0.2, 0.25) is 0 Å². The molecule has 3 atom stereocenters. The molecule has 9 nitrogen and oxygen atoms in total. The molecule has 1 aromatic carbocycles. The van der Waals surface area contributed by atoms with Crippen molar-refractivity contribution in [2.45, 2.75) is 58.4 Å². The third-order valence-corrected chi connectivity index (χ3v) is 5.80. The van der Waals surface area contributed by atoms with Crippen molar-refractivity contribution in [3.05, 3.63) is 39.9 Å².